The monoisotopic (exact) mass is 479 g/mol. The summed E-state index contributed by atoms with van der Waals surface area (Å²) in [6.45, 7) is 9.12. The Kier molecular flexibility index (Phi) is 6.25. The van der Waals surface area contributed by atoms with Gasteiger partial charge in [0.05, 0.1) is 18.4 Å². The molecule has 0 radical (unpaired) electrons. The smallest absolute Gasteiger partial charge is 0.431 e. The molecule has 2 aliphatic rings. The van der Waals surface area contributed by atoms with Crippen LogP contribution in [0.2, 0.25) is 0 Å². The van der Waals surface area contributed by atoms with Gasteiger partial charge in [-0.2, -0.15) is 13.2 Å². The van der Waals surface area contributed by atoms with Crippen LogP contribution in [0.1, 0.15) is 43.6 Å². The lowest BCUT2D eigenvalue weighted by Crippen LogP contribution is -2.59. The zero-order chi connectivity index (χ0) is 24.9. The van der Waals surface area contributed by atoms with Crippen molar-refractivity contribution in [2.75, 3.05) is 33.8 Å². The molecule has 1 saturated heterocycles. The molecule has 0 saturated carbocycles. The molecule has 1 unspecified atom stereocenters. The van der Waals surface area contributed by atoms with Crippen LogP contribution in [0, 0.1) is 0 Å². The number of alkyl halides is 3. The van der Waals surface area contributed by atoms with E-state index in [4.69, 9.17) is 9.47 Å². The summed E-state index contributed by atoms with van der Waals surface area (Å²) < 4.78 is 53.1. The first kappa shape index (κ1) is 24.6. The van der Waals surface area contributed by atoms with Gasteiger partial charge in [0, 0.05) is 37.4 Å². The summed E-state index contributed by atoms with van der Waals surface area (Å²) in [5.41, 5.74) is -1.02. The third-order valence-corrected chi connectivity index (χ3v) is 7.34. The maximum Gasteiger partial charge on any atom is 0.431 e. The van der Waals surface area contributed by atoms with Crippen LogP contribution in [-0.2, 0) is 24.0 Å². The standard InChI is InChI=1S/C25H32F3N3O3/c1-17(2)34-19-7-6-18(16-20(19)33-5)23(3,32)30-12-10-24(11-13-30)21-8-9-22(25(26,27)28)31(21)15-14-29(24)4/h6-9,16,32H,1,10-15H2,2-5H3. The normalized spacial score (nSPS) is 20.6. The van der Waals surface area contributed by atoms with E-state index in [9.17, 15) is 18.3 Å². The van der Waals surface area contributed by atoms with Crippen molar-refractivity contribution in [3.63, 3.8) is 0 Å². The largest absolute Gasteiger partial charge is 0.493 e. The van der Waals surface area contributed by atoms with E-state index in [0.29, 0.717) is 67.5 Å². The zero-order valence-corrected chi connectivity index (χ0v) is 20.1. The molecular weight excluding hydrogens is 447 g/mol. The number of likely N-dealkylation sites (tertiary alicyclic amines) is 1. The SMILES string of the molecule is C=C(C)Oc1ccc(C(C)(O)N2CCC3(CC2)c2ccc(C(F)(F)F)n2CCN3C)cc1OC. The lowest BCUT2D eigenvalue weighted by Gasteiger charge is -2.53. The van der Waals surface area contributed by atoms with E-state index in [1.165, 1.54) is 17.7 Å². The zero-order valence-electron chi connectivity index (χ0n) is 20.1. The topological polar surface area (TPSA) is 50.1 Å². The van der Waals surface area contributed by atoms with Gasteiger partial charge in [-0.05, 0) is 58.0 Å². The molecule has 2 aliphatic heterocycles. The maximum atomic E-state index is 13.5. The number of likely N-dealkylation sites (N-methyl/N-ethyl adjacent to an activating group) is 1. The average Bonchev–Trinajstić information content (AvgIpc) is 3.22. The number of nitrogens with zero attached hydrogens (tertiary/aromatic N) is 3. The van der Waals surface area contributed by atoms with Crippen molar-refractivity contribution in [3.05, 3.63) is 59.6 Å². The number of fused-ring (bicyclic) bond motifs is 2. The number of aliphatic hydroxyl groups is 1. The predicted molar refractivity (Wildman–Crippen MR) is 123 cm³/mol. The Morgan fingerprint density at radius 2 is 1.74 bits per heavy atom. The van der Waals surface area contributed by atoms with Crippen molar-refractivity contribution in [1.29, 1.82) is 0 Å². The van der Waals surface area contributed by atoms with E-state index in [1.807, 2.05) is 11.9 Å². The van der Waals surface area contributed by atoms with Crippen LogP contribution in [0.5, 0.6) is 11.5 Å². The number of hydrogen-bond acceptors (Lipinski definition) is 5. The van der Waals surface area contributed by atoms with E-state index >= 15 is 0 Å². The van der Waals surface area contributed by atoms with E-state index < -0.39 is 23.1 Å². The third kappa shape index (κ3) is 4.10. The van der Waals surface area contributed by atoms with Crippen LogP contribution in [0.3, 0.4) is 0 Å². The molecule has 0 amide bonds. The van der Waals surface area contributed by atoms with E-state index in [1.54, 1.807) is 38.1 Å². The van der Waals surface area contributed by atoms with Crippen LogP contribution >= 0.6 is 0 Å². The number of aromatic nitrogens is 1. The molecule has 3 heterocycles. The molecule has 1 fully saturated rings. The third-order valence-electron chi connectivity index (χ3n) is 7.34. The Labute approximate surface area is 198 Å². The highest BCUT2D eigenvalue weighted by Crippen LogP contribution is 2.45. The van der Waals surface area contributed by atoms with Crippen molar-refractivity contribution in [3.8, 4) is 11.5 Å². The van der Waals surface area contributed by atoms with Crippen molar-refractivity contribution >= 4 is 0 Å². The van der Waals surface area contributed by atoms with Gasteiger partial charge >= 0.3 is 6.18 Å². The quantitative estimate of drug-likeness (QED) is 0.639. The van der Waals surface area contributed by atoms with Crippen LogP contribution in [-0.4, -0.2) is 53.3 Å². The van der Waals surface area contributed by atoms with Gasteiger partial charge in [0.15, 0.2) is 11.5 Å². The molecule has 186 valence electrons. The second kappa shape index (κ2) is 8.62. The molecule has 1 spiro atoms. The summed E-state index contributed by atoms with van der Waals surface area (Å²) in [7, 11) is 3.51. The van der Waals surface area contributed by atoms with Gasteiger partial charge in [0.2, 0.25) is 0 Å². The maximum absolute atomic E-state index is 13.5. The van der Waals surface area contributed by atoms with Crippen LogP contribution in [0.4, 0.5) is 13.2 Å². The first-order valence-corrected chi connectivity index (χ1v) is 11.4. The van der Waals surface area contributed by atoms with Crippen LogP contribution in [0.25, 0.3) is 0 Å². The van der Waals surface area contributed by atoms with Gasteiger partial charge in [-0.3, -0.25) is 9.80 Å². The molecule has 0 bridgehead atoms. The van der Waals surface area contributed by atoms with E-state index in [-0.39, 0.29) is 0 Å². The number of methoxy groups -OCH3 is 1. The second-order valence-corrected chi connectivity index (χ2v) is 9.38. The van der Waals surface area contributed by atoms with Crippen LogP contribution < -0.4 is 9.47 Å². The minimum atomic E-state index is -4.38. The van der Waals surface area contributed by atoms with Gasteiger partial charge in [-0.25, -0.2) is 0 Å². The number of benzene rings is 1. The minimum Gasteiger partial charge on any atom is -0.493 e. The molecule has 2 aromatic rings. The van der Waals surface area contributed by atoms with Gasteiger partial charge in [-0.1, -0.05) is 12.6 Å². The number of piperidine rings is 1. The average molecular weight is 480 g/mol. The Balaban J connectivity index is 1.58. The lowest BCUT2D eigenvalue weighted by atomic mass is 9.80. The molecule has 1 atom stereocenters. The first-order chi connectivity index (χ1) is 15.9. The van der Waals surface area contributed by atoms with Gasteiger partial charge in [0.1, 0.15) is 11.4 Å². The van der Waals surface area contributed by atoms with E-state index in [2.05, 4.69) is 11.5 Å². The Bertz CT molecular complexity index is 1070. The number of rotatable bonds is 5. The number of allylic oxidation sites excluding steroid dienone is 1. The van der Waals surface area contributed by atoms with Crippen LogP contribution in [0.15, 0.2) is 42.7 Å². The predicted octanol–water partition coefficient (Wildman–Crippen LogP) is 4.53. The molecule has 1 aromatic carbocycles. The number of halogens is 3. The number of hydrogen-bond donors (Lipinski definition) is 1. The van der Waals surface area contributed by atoms with Crippen molar-refractivity contribution in [2.24, 2.45) is 0 Å². The number of ether oxygens (including phenoxy) is 2. The minimum absolute atomic E-state index is 0.315. The summed E-state index contributed by atoms with van der Waals surface area (Å²) in [6.07, 6.45) is -3.16. The fourth-order valence-electron chi connectivity index (χ4n) is 5.39. The highest BCUT2D eigenvalue weighted by atomic mass is 19.4. The highest BCUT2D eigenvalue weighted by Gasteiger charge is 2.48. The Hall–Kier alpha value is -2.49. The van der Waals surface area contributed by atoms with Crippen molar-refractivity contribution in [1.82, 2.24) is 14.4 Å². The molecule has 34 heavy (non-hydrogen) atoms. The highest BCUT2D eigenvalue weighted by molar-refractivity contribution is 5.45. The van der Waals surface area contributed by atoms with Gasteiger partial charge < -0.3 is 19.1 Å². The molecular formula is C25H32F3N3O3. The molecule has 6 nitrogen and oxygen atoms in total. The molecule has 9 heteroatoms. The summed E-state index contributed by atoms with van der Waals surface area (Å²) in [6, 6.07) is 8.09. The summed E-state index contributed by atoms with van der Waals surface area (Å²) in [5, 5.41) is 11.5. The molecule has 0 aliphatic carbocycles. The summed E-state index contributed by atoms with van der Waals surface area (Å²) >= 11 is 0. The molecule has 1 N–H and O–H groups in total. The lowest BCUT2D eigenvalue weighted by molar-refractivity contribution is -0.146. The van der Waals surface area contributed by atoms with Gasteiger partial charge in [-0.15, -0.1) is 0 Å². The Morgan fingerprint density at radius 3 is 2.32 bits per heavy atom. The van der Waals surface area contributed by atoms with Crippen molar-refractivity contribution in [2.45, 2.75) is 50.7 Å². The first-order valence-electron chi connectivity index (χ1n) is 11.4. The van der Waals surface area contributed by atoms with Gasteiger partial charge in [0.25, 0.3) is 0 Å². The summed E-state index contributed by atoms with van der Waals surface area (Å²) in [5.74, 6) is 1.52. The molecule has 1 aromatic heterocycles. The fourth-order valence-corrected chi connectivity index (χ4v) is 5.39. The second-order valence-electron chi connectivity index (χ2n) is 9.38. The summed E-state index contributed by atoms with van der Waals surface area (Å²) in [4.78, 5) is 4.13. The van der Waals surface area contributed by atoms with E-state index in [0.717, 1.165) is 0 Å². The molecule has 4 rings (SSSR count). The Morgan fingerprint density at radius 1 is 1.06 bits per heavy atom. The fraction of sp³-hybridized carbons (Fsp3) is 0.520. The van der Waals surface area contributed by atoms with Crippen molar-refractivity contribution < 1.29 is 27.8 Å².